The highest BCUT2D eigenvalue weighted by molar-refractivity contribution is 4.92. The van der Waals surface area contributed by atoms with Gasteiger partial charge in [0.2, 0.25) is 0 Å². The van der Waals surface area contributed by atoms with E-state index in [1.165, 1.54) is 38.5 Å². The first-order valence-corrected chi connectivity index (χ1v) is 5.21. The largest absolute Gasteiger partial charge is 0.0622 e. The van der Waals surface area contributed by atoms with Crippen molar-refractivity contribution in [3.8, 4) is 0 Å². The van der Waals surface area contributed by atoms with Gasteiger partial charge in [0, 0.05) is 0 Å². The van der Waals surface area contributed by atoms with Crippen LogP contribution in [-0.4, -0.2) is 0 Å². The highest BCUT2D eigenvalue weighted by Gasteiger charge is 2.32. The topological polar surface area (TPSA) is 0 Å². The average Bonchev–Trinajstić information content (AvgIpc) is 2.06. The first-order chi connectivity index (χ1) is 5.38. The number of hydrogen-bond donors (Lipinski definition) is 0. The summed E-state index contributed by atoms with van der Waals surface area (Å²) in [4.78, 5) is 0. The molecule has 0 spiro atoms. The fourth-order valence-corrected chi connectivity index (χ4v) is 2.97. The Balaban J connectivity index is 1.99. The maximum atomic E-state index is 2.60. The Morgan fingerprint density at radius 2 is 1.91 bits per heavy atom. The van der Waals surface area contributed by atoms with Gasteiger partial charge in [-0.3, -0.25) is 0 Å². The predicted molar refractivity (Wildman–Crippen MR) is 48.1 cm³/mol. The lowest BCUT2D eigenvalue weighted by Crippen LogP contribution is -2.29. The lowest BCUT2D eigenvalue weighted by molar-refractivity contribution is 0.155. The Morgan fingerprint density at radius 3 is 2.73 bits per heavy atom. The zero-order valence-electron chi connectivity index (χ0n) is 7.55. The van der Waals surface area contributed by atoms with Gasteiger partial charge in [-0.2, -0.15) is 0 Å². The van der Waals surface area contributed by atoms with Crippen LogP contribution in [0.3, 0.4) is 0 Å². The number of rotatable bonds is 0. The Kier molecular flexibility index (Phi) is 2.20. The standard InChI is InChI=1S/C11H19/c1-9-5-4-7-10-6-2-3-8-11(9)10/h7,9-11H,2-6,8H2,1H3. The van der Waals surface area contributed by atoms with Crippen molar-refractivity contribution < 1.29 is 0 Å². The van der Waals surface area contributed by atoms with Gasteiger partial charge >= 0.3 is 0 Å². The van der Waals surface area contributed by atoms with Gasteiger partial charge in [0.1, 0.15) is 0 Å². The third-order valence-electron chi connectivity index (χ3n) is 3.70. The van der Waals surface area contributed by atoms with Crippen molar-refractivity contribution in [3.63, 3.8) is 0 Å². The van der Waals surface area contributed by atoms with Crippen molar-refractivity contribution in [1.82, 2.24) is 0 Å². The summed E-state index contributed by atoms with van der Waals surface area (Å²) in [6.07, 6.45) is 11.5. The van der Waals surface area contributed by atoms with E-state index >= 15 is 0 Å². The molecule has 3 atom stereocenters. The van der Waals surface area contributed by atoms with Gasteiger partial charge in [-0.15, -0.1) is 0 Å². The molecule has 0 saturated heterocycles. The second kappa shape index (κ2) is 3.16. The highest BCUT2D eigenvalue weighted by Crippen LogP contribution is 2.42. The van der Waals surface area contributed by atoms with Crippen LogP contribution in [0.5, 0.6) is 0 Å². The van der Waals surface area contributed by atoms with Gasteiger partial charge in [0.15, 0.2) is 0 Å². The summed E-state index contributed by atoms with van der Waals surface area (Å²) >= 11 is 0. The van der Waals surface area contributed by atoms with E-state index in [0.717, 1.165) is 17.8 Å². The molecule has 0 aromatic carbocycles. The third kappa shape index (κ3) is 1.45. The maximum absolute atomic E-state index is 2.60. The molecule has 0 heteroatoms. The van der Waals surface area contributed by atoms with E-state index in [1.807, 2.05) is 0 Å². The van der Waals surface area contributed by atoms with Crippen molar-refractivity contribution in [3.05, 3.63) is 6.42 Å². The van der Waals surface area contributed by atoms with Crippen molar-refractivity contribution in [2.45, 2.75) is 45.4 Å². The molecule has 63 valence electrons. The van der Waals surface area contributed by atoms with Crippen LogP contribution in [0.2, 0.25) is 0 Å². The minimum absolute atomic E-state index is 1.01. The summed E-state index contributed by atoms with van der Waals surface area (Å²) in [6, 6.07) is 0. The molecule has 0 heterocycles. The van der Waals surface area contributed by atoms with E-state index in [2.05, 4.69) is 13.3 Å². The normalized spacial score (nSPS) is 45.0. The minimum Gasteiger partial charge on any atom is -0.0622 e. The second-order valence-electron chi connectivity index (χ2n) is 4.40. The summed E-state index contributed by atoms with van der Waals surface area (Å²) in [6.45, 7) is 2.45. The molecule has 0 bridgehead atoms. The second-order valence-corrected chi connectivity index (χ2v) is 4.40. The molecule has 1 radical (unpaired) electrons. The smallest absolute Gasteiger partial charge is 0.0352 e. The Labute approximate surface area is 70.4 Å². The van der Waals surface area contributed by atoms with Crippen LogP contribution in [-0.2, 0) is 0 Å². The van der Waals surface area contributed by atoms with Gasteiger partial charge in [0.05, 0.1) is 0 Å². The molecule has 0 aromatic rings. The number of fused-ring (bicyclic) bond motifs is 1. The zero-order chi connectivity index (χ0) is 7.68. The van der Waals surface area contributed by atoms with Gasteiger partial charge in [-0.1, -0.05) is 26.2 Å². The van der Waals surface area contributed by atoms with Crippen LogP contribution < -0.4 is 0 Å². The van der Waals surface area contributed by atoms with Crippen molar-refractivity contribution >= 4 is 0 Å². The van der Waals surface area contributed by atoms with Gasteiger partial charge < -0.3 is 0 Å². The molecule has 2 fully saturated rings. The molecule has 0 aromatic heterocycles. The molecule has 2 aliphatic carbocycles. The molecule has 2 aliphatic rings. The van der Waals surface area contributed by atoms with E-state index in [1.54, 1.807) is 0 Å². The Morgan fingerprint density at radius 1 is 1.09 bits per heavy atom. The summed E-state index contributed by atoms with van der Waals surface area (Å²) < 4.78 is 0. The molecule has 3 unspecified atom stereocenters. The third-order valence-corrected chi connectivity index (χ3v) is 3.70. The minimum atomic E-state index is 1.01. The van der Waals surface area contributed by atoms with Crippen LogP contribution in [0.25, 0.3) is 0 Å². The molecule has 11 heavy (non-hydrogen) atoms. The van der Waals surface area contributed by atoms with Crippen molar-refractivity contribution in [2.75, 3.05) is 0 Å². The van der Waals surface area contributed by atoms with E-state index < -0.39 is 0 Å². The first-order valence-electron chi connectivity index (χ1n) is 5.21. The fourth-order valence-electron chi connectivity index (χ4n) is 2.97. The molecule has 0 nitrogen and oxygen atoms in total. The monoisotopic (exact) mass is 151 g/mol. The summed E-state index contributed by atoms with van der Waals surface area (Å²) in [5.74, 6) is 3.09. The summed E-state index contributed by atoms with van der Waals surface area (Å²) in [5, 5.41) is 0. The van der Waals surface area contributed by atoms with Crippen molar-refractivity contribution in [2.24, 2.45) is 17.8 Å². The van der Waals surface area contributed by atoms with Gasteiger partial charge in [-0.25, -0.2) is 0 Å². The lowest BCUT2D eigenvalue weighted by Gasteiger charge is -2.39. The molecule has 0 amide bonds. The number of hydrogen-bond acceptors (Lipinski definition) is 0. The lowest BCUT2D eigenvalue weighted by atomic mass is 9.66. The van der Waals surface area contributed by atoms with E-state index in [-0.39, 0.29) is 0 Å². The molecular formula is C11H19. The predicted octanol–water partition coefficient (Wildman–Crippen LogP) is 3.43. The average molecular weight is 151 g/mol. The van der Waals surface area contributed by atoms with Crippen LogP contribution >= 0.6 is 0 Å². The van der Waals surface area contributed by atoms with Crippen LogP contribution in [0.1, 0.15) is 45.4 Å². The molecule has 0 aliphatic heterocycles. The van der Waals surface area contributed by atoms with Crippen LogP contribution in [0.15, 0.2) is 0 Å². The van der Waals surface area contributed by atoms with E-state index in [4.69, 9.17) is 0 Å². The quantitative estimate of drug-likeness (QED) is 0.497. The molecule has 2 saturated carbocycles. The summed E-state index contributed by atoms with van der Waals surface area (Å²) in [7, 11) is 0. The molecule has 0 N–H and O–H groups in total. The molecular weight excluding hydrogens is 132 g/mol. The Bertz CT molecular complexity index is 126. The fraction of sp³-hybridized carbons (Fsp3) is 0.909. The SMILES string of the molecule is CC1CC[CH]C2CCCCC12. The van der Waals surface area contributed by atoms with E-state index in [9.17, 15) is 0 Å². The van der Waals surface area contributed by atoms with Crippen molar-refractivity contribution in [1.29, 1.82) is 0 Å². The highest BCUT2D eigenvalue weighted by atomic mass is 14.4. The maximum Gasteiger partial charge on any atom is -0.0352 e. The summed E-state index contributed by atoms with van der Waals surface area (Å²) in [5.41, 5.74) is 0. The Hall–Kier alpha value is 0. The van der Waals surface area contributed by atoms with Gasteiger partial charge in [-0.05, 0) is 43.4 Å². The first kappa shape index (κ1) is 7.64. The van der Waals surface area contributed by atoms with E-state index in [0.29, 0.717) is 0 Å². The van der Waals surface area contributed by atoms with Crippen LogP contribution in [0, 0.1) is 24.2 Å². The van der Waals surface area contributed by atoms with Gasteiger partial charge in [0.25, 0.3) is 0 Å². The zero-order valence-corrected chi connectivity index (χ0v) is 7.55. The molecule has 2 rings (SSSR count). The van der Waals surface area contributed by atoms with Crippen LogP contribution in [0.4, 0.5) is 0 Å².